The van der Waals surface area contributed by atoms with Gasteiger partial charge in [-0.2, -0.15) is 0 Å². The maximum Gasteiger partial charge on any atom is 0.321 e. The molecular weight excluding hydrogens is 248 g/mol. The van der Waals surface area contributed by atoms with Gasteiger partial charge in [-0.05, 0) is 18.6 Å². The first-order valence-electron chi connectivity index (χ1n) is 5.67. The quantitative estimate of drug-likeness (QED) is 0.889. The molecule has 0 aliphatic heterocycles. The topological polar surface area (TPSA) is 66.9 Å². The fourth-order valence-electron chi connectivity index (χ4n) is 1.34. The molecule has 0 fully saturated rings. The van der Waals surface area contributed by atoms with Gasteiger partial charge in [0, 0.05) is 11.6 Å². The van der Waals surface area contributed by atoms with Gasteiger partial charge in [-0.25, -0.2) is 9.78 Å². The van der Waals surface area contributed by atoms with Gasteiger partial charge in [0.15, 0.2) is 5.13 Å². The maximum atomic E-state index is 11.6. The highest BCUT2D eigenvalue weighted by molar-refractivity contribution is 7.13. The lowest BCUT2D eigenvalue weighted by Gasteiger charge is -2.04. The van der Waals surface area contributed by atoms with Crippen molar-refractivity contribution in [3.05, 3.63) is 41.2 Å². The SMILES string of the molecule is CCc1csc(NC(=O)NCc2ccccn2)n1. The standard InChI is InChI=1S/C12H14N4OS/c1-2-9-8-18-12(15-9)16-11(17)14-7-10-5-3-4-6-13-10/h3-6,8H,2,7H2,1H3,(H2,14,15,16,17). The van der Waals surface area contributed by atoms with E-state index in [1.165, 1.54) is 11.3 Å². The Labute approximate surface area is 109 Å². The molecule has 0 spiro atoms. The third-order valence-corrected chi connectivity index (χ3v) is 3.10. The van der Waals surface area contributed by atoms with E-state index in [1.807, 2.05) is 30.5 Å². The van der Waals surface area contributed by atoms with Crippen molar-refractivity contribution < 1.29 is 4.79 Å². The Bertz CT molecular complexity index is 512. The molecule has 2 aromatic rings. The smallest absolute Gasteiger partial charge is 0.321 e. The number of nitrogens with one attached hydrogen (secondary N) is 2. The molecule has 94 valence electrons. The number of urea groups is 1. The van der Waals surface area contributed by atoms with Crippen LogP contribution in [0.3, 0.4) is 0 Å². The molecule has 0 radical (unpaired) electrons. The van der Waals surface area contributed by atoms with E-state index in [4.69, 9.17) is 0 Å². The zero-order chi connectivity index (χ0) is 12.8. The average molecular weight is 262 g/mol. The van der Waals surface area contributed by atoms with E-state index in [-0.39, 0.29) is 6.03 Å². The van der Waals surface area contributed by atoms with Gasteiger partial charge in [0.2, 0.25) is 0 Å². The van der Waals surface area contributed by atoms with Crippen molar-refractivity contribution in [3.63, 3.8) is 0 Å². The Morgan fingerprint density at radius 2 is 2.28 bits per heavy atom. The zero-order valence-electron chi connectivity index (χ0n) is 10.0. The maximum absolute atomic E-state index is 11.6. The lowest BCUT2D eigenvalue weighted by atomic mass is 10.3. The largest absolute Gasteiger partial charge is 0.332 e. The second-order valence-corrected chi connectivity index (χ2v) is 4.48. The second-order valence-electron chi connectivity index (χ2n) is 3.63. The summed E-state index contributed by atoms with van der Waals surface area (Å²) in [7, 11) is 0. The van der Waals surface area contributed by atoms with Gasteiger partial charge in [0.1, 0.15) is 0 Å². The molecule has 5 nitrogen and oxygen atoms in total. The molecule has 2 aromatic heterocycles. The molecule has 6 heteroatoms. The third-order valence-electron chi connectivity index (χ3n) is 2.29. The number of hydrogen-bond acceptors (Lipinski definition) is 4. The van der Waals surface area contributed by atoms with E-state index in [1.54, 1.807) is 6.20 Å². The summed E-state index contributed by atoms with van der Waals surface area (Å²) in [4.78, 5) is 20.0. The van der Waals surface area contributed by atoms with Crippen LogP contribution < -0.4 is 10.6 Å². The van der Waals surface area contributed by atoms with Gasteiger partial charge >= 0.3 is 6.03 Å². The highest BCUT2D eigenvalue weighted by atomic mass is 32.1. The van der Waals surface area contributed by atoms with Crippen molar-refractivity contribution in [2.45, 2.75) is 19.9 Å². The van der Waals surface area contributed by atoms with Crippen molar-refractivity contribution in [2.75, 3.05) is 5.32 Å². The van der Waals surface area contributed by atoms with E-state index in [2.05, 4.69) is 20.6 Å². The molecule has 0 aromatic carbocycles. The number of aryl methyl sites for hydroxylation is 1. The molecule has 0 aliphatic carbocycles. The molecule has 0 atom stereocenters. The summed E-state index contributed by atoms with van der Waals surface area (Å²) in [6.45, 7) is 2.43. The van der Waals surface area contributed by atoms with Crippen LogP contribution in [-0.2, 0) is 13.0 Å². The number of amides is 2. The molecule has 0 saturated carbocycles. The van der Waals surface area contributed by atoms with Crippen molar-refractivity contribution >= 4 is 22.5 Å². The predicted molar refractivity (Wildman–Crippen MR) is 71.6 cm³/mol. The van der Waals surface area contributed by atoms with E-state index >= 15 is 0 Å². The van der Waals surface area contributed by atoms with Gasteiger partial charge < -0.3 is 5.32 Å². The molecule has 0 aliphatic rings. The van der Waals surface area contributed by atoms with E-state index < -0.39 is 0 Å². The number of pyridine rings is 1. The van der Waals surface area contributed by atoms with Gasteiger partial charge in [-0.1, -0.05) is 13.0 Å². The highest BCUT2D eigenvalue weighted by Crippen LogP contribution is 2.15. The summed E-state index contributed by atoms with van der Waals surface area (Å²) < 4.78 is 0. The second kappa shape index (κ2) is 6.11. The van der Waals surface area contributed by atoms with Crippen molar-refractivity contribution in [3.8, 4) is 0 Å². The lowest BCUT2D eigenvalue weighted by molar-refractivity contribution is 0.251. The van der Waals surface area contributed by atoms with Crippen LogP contribution in [0.5, 0.6) is 0 Å². The number of rotatable bonds is 4. The van der Waals surface area contributed by atoms with Gasteiger partial charge in [0.25, 0.3) is 0 Å². The molecular formula is C12H14N4OS. The zero-order valence-corrected chi connectivity index (χ0v) is 10.8. The van der Waals surface area contributed by atoms with Crippen molar-refractivity contribution in [2.24, 2.45) is 0 Å². The molecule has 0 bridgehead atoms. The van der Waals surface area contributed by atoms with Gasteiger partial charge in [-0.15, -0.1) is 11.3 Å². The Morgan fingerprint density at radius 1 is 1.39 bits per heavy atom. The molecule has 2 rings (SSSR count). The number of anilines is 1. The summed E-state index contributed by atoms with van der Waals surface area (Å²) in [5.74, 6) is 0. The number of aromatic nitrogens is 2. The van der Waals surface area contributed by atoms with Crippen molar-refractivity contribution in [1.29, 1.82) is 0 Å². The van der Waals surface area contributed by atoms with Crippen LogP contribution in [-0.4, -0.2) is 16.0 Å². The number of nitrogens with zero attached hydrogens (tertiary/aromatic N) is 2. The summed E-state index contributed by atoms with van der Waals surface area (Å²) in [6.07, 6.45) is 2.57. The molecule has 2 N–H and O–H groups in total. The Hall–Kier alpha value is -1.95. The summed E-state index contributed by atoms with van der Waals surface area (Å²) >= 11 is 1.43. The Kier molecular flexibility index (Phi) is 4.25. The predicted octanol–water partition coefficient (Wildman–Crippen LogP) is 2.42. The van der Waals surface area contributed by atoms with Crippen LogP contribution in [0.1, 0.15) is 18.3 Å². The monoisotopic (exact) mass is 262 g/mol. The third kappa shape index (κ3) is 3.53. The number of carbonyl (C=O) groups is 1. The minimum atomic E-state index is -0.266. The number of hydrogen-bond donors (Lipinski definition) is 2. The van der Waals surface area contributed by atoms with Crippen LogP contribution in [0.2, 0.25) is 0 Å². The molecule has 18 heavy (non-hydrogen) atoms. The number of thiazole rings is 1. The molecule has 2 amide bonds. The minimum Gasteiger partial charge on any atom is -0.332 e. The first-order valence-corrected chi connectivity index (χ1v) is 6.55. The number of carbonyl (C=O) groups excluding carboxylic acids is 1. The minimum absolute atomic E-state index is 0.266. The van der Waals surface area contributed by atoms with Crippen LogP contribution in [0.4, 0.5) is 9.93 Å². The van der Waals surface area contributed by atoms with Crippen LogP contribution >= 0.6 is 11.3 Å². The van der Waals surface area contributed by atoms with Gasteiger partial charge in [0.05, 0.1) is 17.9 Å². The summed E-state index contributed by atoms with van der Waals surface area (Å²) in [5.41, 5.74) is 1.81. The normalized spacial score (nSPS) is 10.1. The Balaban J connectivity index is 1.82. The summed E-state index contributed by atoms with van der Waals surface area (Å²) in [6, 6.07) is 5.32. The highest BCUT2D eigenvalue weighted by Gasteiger charge is 2.05. The summed E-state index contributed by atoms with van der Waals surface area (Å²) in [5, 5.41) is 7.98. The van der Waals surface area contributed by atoms with Crippen LogP contribution in [0.25, 0.3) is 0 Å². The lowest BCUT2D eigenvalue weighted by Crippen LogP contribution is -2.28. The first kappa shape index (κ1) is 12.5. The Morgan fingerprint density at radius 3 is 2.94 bits per heavy atom. The van der Waals surface area contributed by atoms with Crippen LogP contribution in [0.15, 0.2) is 29.8 Å². The van der Waals surface area contributed by atoms with Gasteiger partial charge in [-0.3, -0.25) is 10.3 Å². The first-order chi connectivity index (χ1) is 8.78. The fraction of sp³-hybridized carbons (Fsp3) is 0.250. The molecule has 0 saturated heterocycles. The van der Waals surface area contributed by atoms with Crippen molar-refractivity contribution in [1.82, 2.24) is 15.3 Å². The molecule has 0 unspecified atom stereocenters. The van der Waals surface area contributed by atoms with Crippen LogP contribution in [0, 0.1) is 0 Å². The molecule has 2 heterocycles. The van der Waals surface area contributed by atoms with E-state index in [0.29, 0.717) is 11.7 Å². The fourth-order valence-corrected chi connectivity index (χ4v) is 2.13. The average Bonchev–Trinajstić information content (AvgIpc) is 2.85. The van der Waals surface area contributed by atoms with E-state index in [9.17, 15) is 4.79 Å². The van der Waals surface area contributed by atoms with E-state index in [0.717, 1.165) is 17.8 Å².